The summed E-state index contributed by atoms with van der Waals surface area (Å²) in [5.74, 6) is -1.28. The maximum absolute atomic E-state index is 11.9. The van der Waals surface area contributed by atoms with Crippen LogP contribution in [0.5, 0.6) is 0 Å². The summed E-state index contributed by atoms with van der Waals surface area (Å²) in [6.07, 6.45) is 5.04. The number of imidazole rings is 1. The summed E-state index contributed by atoms with van der Waals surface area (Å²) in [6, 6.07) is -1.29. The third-order valence-electron chi connectivity index (χ3n) is 2.36. The zero-order chi connectivity index (χ0) is 13.9. The Morgan fingerprint density at radius 3 is 2.79 bits per heavy atom. The molecule has 10 heteroatoms. The highest BCUT2D eigenvalue weighted by molar-refractivity contribution is 7.89. The Bertz CT molecular complexity index is 634. The first-order valence-electron chi connectivity index (χ1n) is 5.20. The number of aromatic nitrogens is 4. The van der Waals surface area contributed by atoms with E-state index in [1.54, 1.807) is 0 Å². The topological polar surface area (TPSA) is 141 Å². The van der Waals surface area contributed by atoms with E-state index in [9.17, 15) is 13.2 Å². The van der Waals surface area contributed by atoms with Crippen LogP contribution in [0.25, 0.3) is 0 Å². The van der Waals surface area contributed by atoms with Gasteiger partial charge < -0.3 is 10.1 Å². The van der Waals surface area contributed by atoms with Crippen molar-refractivity contribution in [2.45, 2.75) is 17.4 Å². The fraction of sp³-hybridized carbons (Fsp3) is 0.222. The van der Waals surface area contributed by atoms with Crippen LogP contribution in [0.15, 0.2) is 29.8 Å². The quantitative estimate of drug-likeness (QED) is 0.542. The highest BCUT2D eigenvalue weighted by Crippen LogP contribution is 2.08. The van der Waals surface area contributed by atoms with Gasteiger partial charge in [0, 0.05) is 24.5 Å². The molecule has 2 rings (SSSR count). The number of nitrogens with zero attached hydrogens (tertiary/aromatic N) is 2. The van der Waals surface area contributed by atoms with E-state index >= 15 is 0 Å². The van der Waals surface area contributed by atoms with Crippen molar-refractivity contribution in [2.24, 2.45) is 0 Å². The second-order valence-electron chi connectivity index (χ2n) is 3.73. The zero-order valence-electron chi connectivity index (χ0n) is 9.57. The number of carboxylic acids is 1. The standard InChI is InChI=1S/C9H11N5O4S/c15-9(16)8(1-6-2-10-5-11-6)14-19(17,18)7-3-12-13-4-7/h2-5,8,14H,1H2,(H,10,11)(H,12,13)(H,15,16). The molecule has 0 saturated carbocycles. The third-order valence-corrected chi connectivity index (χ3v) is 3.80. The summed E-state index contributed by atoms with van der Waals surface area (Å²) in [4.78, 5) is 17.4. The van der Waals surface area contributed by atoms with Crippen LogP contribution >= 0.6 is 0 Å². The van der Waals surface area contributed by atoms with E-state index in [4.69, 9.17) is 5.11 Å². The van der Waals surface area contributed by atoms with Crippen LogP contribution in [0.3, 0.4) is 0 Å². The van der Waals surface area contributed by atoms with Crippen LogP contribution in [0, 0.1) is 0 Å². The lowest BCUT2D eigenvalue weighted by atomic mass is 10.2. The molecule has 1 unspecified atom stereocenters. The van der Waals surface area contributed by atoms with Crippen molar-refractivity contribution in [1.29, 1.82) is 0 Å². The first-order valence-corrected chi connectivity index (χ1v) is 6.68. The fourth-order valence-electron chi connectivity index (χ4n) is 1.44. The summed E-state index contributed by atoms with van der Waals surface area (Å²) >= 11 is 0. The van der Waals surface area contributed by atoms with Crippen molar-refractivity contribution in [3.05, 3.63) is 30.6 Å². The maximum Gasteiger partial charge on any atom is 0.322 e. The Morgan fingerprint density at radius 1 is 1.47 bits per heavy atom. The van der Waals surface area contributed by atoms with Gasteiger partial charge in [0.2, 0.25) is 10.0 Å². The van der Waals surface area contributed by atoms with Gasteiger partial charge in [-0.1, -0.05) is 0 Å². The minimum absolute atomic E-state index is 0.0353. The van der Waals surface area contributed by atoms with Gasteiger partial charge in [0.15, 0.2) is 0 Å². The van der Waals surface area contributed by atoms with Gasteiger partial charge in [-0.05, 0) is 0 Å². The normalized spacial score (nSPS) is 13.3. The molecule has 2 heterocycles. The highest BCUT2D eigenvalue weighted by Gasteiger charge is 2.26. The summed E-state index contributed by atoms with van der Waals surface area (Å²) < 4.78 is 25.9. The van der Waals surface area contributed by atoms with Crippen LogP contribution < -0.4 is 4.72 Å². The molecule has 0 aromatic carbocycles. The molecule has 0 radical (unpaired) electrons. The number of nitrogens with one attached hydrogen (secondary N) is 3. The SMILES string of the molecule is O=C(O)C(Cc1cnc[nH]1)NS(=O)(=O)c1cn[nH]c1. The molecule has 0 spiro atoms. The molecule has 9 nitrogen and oxygen atoms in total. The van der Waals surface area contributed by atoms with Crippen LogP contribution in [-0.4, -0.2) is 45.7 Å². The number of hydrogen-bond donors (Lipinski definition) is 4. The first-order chi connectivity index (χ1) is 8.99. The van der Waals surface area contributed by atoms with E-state index in [1.165, 1.54) is 12.5 Å². The van der Waals surface area contributed by atoms with E-state index in [-0.39, 0.29) is 11.3 Å². The van der Waals surface area contributed by atoms with Crippen molar-refractivity contribution < 1.29 is 18.3 Å². The molecule has 0 saturated heterocycles. The summed E-state index contributed by atoms with van der Waals surface area (Å²) in [5, 5.41) is 14.9. The molecule has 0 bridgehead atoms. The average molecular weight is 285 g/mol. The molecule has 0 amide bonds. The van der Waals surface area contributed by atoms with Crippen molar-refractivity contribution in [2.75, 3.05) is 0 Å². The predicted molar refractivity (Wildman–Crippen MR) is 62.6 cm³/mol. The van der Waals surface area contributed by atoms with Crippen molar-refractivity contribution in [3.63, 3.8) is 0 Å². The van der Waals surface area contributed by atoms with Gasteiger partial charge in [-0.15, -0.1) is 0 Å². The Kier molecular flexibility index (Phi) is 3.62. The van der Waals surface area contributed by atoms with E-state index in [2.05, 4.69) is 24.9 Å². The van der Waals surface area contributed by atoms with Crippen LogP contribution in [0.4, 0.5) is 0 Å². The Balaban J connectivity index is 2.15. The van der Waals surface area contributed by atoms with Crippen molar-refractivity contribution >= 4 is 16.0 Å². The monoisotopic (exact) mass is 285 g/mol. The Labute approximate surface area is 108 Å². The van der Waals surface area contributed by atoms with E-state index < -0.39 is 22.0 Å². The lowest BCUT2D eigenvalue weighted by Gasteiger charge is -2.12. The number of carboxylic acid groups (broad SMARTS) is 1. The number of aromatic amines is 2. The largest absolute Gasteiger partial charge is 0.480 e. The molecule has 2 aromatic rings. The van der Waals surface area contributed by atoms with Gasteiger partial charge >= 0.3 is 5.97 Å². The highest BCUT2D eigenvalue weighted by atomic mass is 32.2. The van der Waals surface area contributed by atoms with Gasteiger partial charge in [-0.25, -0.2) is 13.4 Å². The molecule has 1 atom stereocenters. The molecule has 102 valence electrons. The third kappa shape index (κ3) is 3.17. The minimum Gasteiger partial charge on any atom is -0.480 e. The van der Waals surface area contributed by atoms with Crippen LogP contribution in [0.2, 0.25) is 0 Å². The number of H-pyrrole nitrogens is 2. The zero-order valence-corrected chi connectivity index (χ0v) is 10.4. The molecular weight excluding hydrogens is 274 g/mol. The van der Waals surface area contributed by atoms with Gasteiger partial charge in [0.1, 0.15) is 10.9 Å². The number of hydrogen-bond acceptors (Lipinski definition) is 5. The predicted octanol–water partition coefficient (Wildman–Crippen LogP) is -0.893. The molecule has 2 aromatic heterocycles. The summed E-state index contributed by atoms with van der Waals surface area (Å²) in [6.45, 7) is 0. The van der Waals surface area contributed by atoms with E-state index in [0.717, 1.165) is 12.4 Å². The van der Waals surface area contributed by atoms with Gasteiger partial charge in [-0.2, -0.15) is 9.82 Å². The van der Waals surface area contributed by atoms with E-state index in [0.29, 0.717) is 5.69 Å². The number of carbonyl (C=O) groups is 1. The lowest BCUT2D eigenvalue weighted by Crippen LogP contribution is -2.42. The van der Waals surface area contributed by atoms with Gasteiger partial charge in [0.05, 0.1) is 12.5 Å². The smallest absolute Gasteiger partial charge is 0.322 e. The second-order valence-corrected chi connectivity index (χ2v) is 5.44. The second kappa shape index (κ2) is 5.20. The number of rotatable bonds is 6. The molecule has 0 aliphatic heterocycles. The number of sulfonamides is 1. The minimum atomic E-state index is -3.92. The Hall–Kier alpha value is -2.20. The van der Waals surface area contributed by atoms with Gasteiger partial charge in [0.25, 0.3) is 0 Å². The molecule has 0 aliphatic rings. The molecule has 4 N–H and O–H groups in total. The van der Waals surface area contributed by atoms with E-state index in [1.807, 2.05) is 0 Å². The van der Waals surface area contributed by atoms with Crippen LogP contribution in [0.1, 0.15) is 5.69 Å². The Morgan fingerprint density at radius 2 is 2.26 bits per heavy atom. The first kappa shape index (κ1) is 13.2. The average Bonchev–Trinajstić information content (AvgIpc) is 3.00. The molecule has 0 fully saturated rings. The number of aliphatic carboxylic acids is 1. The van der Waals surface area contributed by atoms with Crippen molar-refractivity contribution in [1.82, 2.24) is 24.9 Å². The maximum atomic E-state index is 11.9. The summed E-state index contributed by atoms with van der Waals surface area (Å²) in [7, 11) is -3.92. The molecule has 19 heavy (non-hydrogen) atoms. The summed E-state index contributed by atoms with van der Waals surface area (Å²) in [5.41, 5.74) is 0.516. The molecular formula is C9H11N5O4S. The van der Waals surface area contributed by atoms with Gasteiger partial charge in [-0.3, -0.25) is 9.89 Å². The fourth-order valence-corrected chi connectivity index (χ4v) is 2.53. The molecule has 0 aliphatic carbocycles. The van der Waals surface area contributed by atoms with Crippen molar-refractivity contribution in [3.8, 4) is 0 Å². The lowest BCUT2D eigenvalue weighted by molar-refractivity contribution is -0.138. The van der Waals surface area contributed by atoms with Crippen LogP contribution in [-0.2, 0) is 21.2 Å².